The van der Waals surface area contributed by atoms with Crippen molar-refractivity contribution in [2.45, 2.75) is 0 Å². The largest absolute Gasteiger partial charge is 0.506 e. The van der Waals surface area contributed by atoms with Crippen LogP contribution >= 0.6 is 0 Å². The molecule has 0 atom stereocenters. The summed E-state index contributed by atoms with van der Waals surface area (Å²) in [5.74, 6) is 0.176. The number of rotatable bonds is 0. The van der Waals surface area contributed by atoms with Gasteiger partial charge in [-0.1, -0.05) is 6.07 Å². The maximum atomic E-state index is 9.27. The van der Waals surface area contributed by atoms with E-state index in [-0.39, 0.29) is 5.75 Å². The first-order valence-corrected chi connectivity index (χ1v) is 3.26. The van der Waals surface area contributed by atoms with Gasteiger partial charge in [-0.15, -0.1) is 0 Å². The Kier molecular flexibility index (Phi) is 1.22. The summed E-state index contributed by atoms with van der Waals surface area (Å²) in [4.78, 5) is 7.99. The van der Waals surface area contributed by atoms with Crippen molar-refractivity contribution in [3.8, 4) is 5.75 Å². The van der Waals surface area contributed by atoms with E-state index in [1.54, 1.807) is 24.5 Å². The number of aromatic hydroxyl groups is 1. The Morgan fingerprint density at radius 2 is 1.91 bits per heavy atom. The first-order valence-electron chi connectivity index (χ1n) is 3.26. The molecule has 0 aliphatic rings. The van der Waals surface area contributed by atoms with E-state index in [0.29, 0.717) is 11.0 Å². The van der Waals surface area contributed by atoms with Gasteiger partial charge in [0.05, 0.1) is 5.52 Å². The average Bonchev–Trinajstić information content (AvgIpc) is 2.06. The van der Waals surface area contributed by atoms with E-state index < -0.39 is 0 Å². The monoisotopic (exact) mass is 146 g/mol. The number of benzene rings is 1. The highest BCUT2D eigenvalue weighted by atomic mass is 16.3. The SMILES string of the molecule is Oc1cccc2nccnc12. The molecule has 0 aliphatic heterocycles. The molecule has 1 heterocycles. The molecule has 0 spiro atoms. The van der Waals surface area contributed by atoms with Crippen LogP contribution in [0.3, 0.4) is 0 Å². The van der Waals surface area contributed by atoms with Crippen molar-refractivity contribution >= 4 is 11.0 Å². The smallest absolute Gasteiger partial charge is 0.143 e. The van der Waals surface area contributed by atoms with E-state index in [4.69, 9.17) is 0 Å². The molecule has 0 unspecified atom stereocenters. The molecular formula is C8H6N2O. The van der Waals surface area contributed by atoms with Crippen molar-refractivity contribution in [1.29, 1.82) is 0 Å². The van der Waals surface area contributed by atoms with Crippen LogP contribution in [-0.4, -0.2) is 15.1 Å². The highest BCUT2D eigenvalue weighted by Gasteiger charge is 1.97. The number of fused-ring (bicyclic) bond motifs is 1. The van der Waals surface area contributed by atoms with Crippen LogP contribution in [-0.2, 0) is 0 Å². The molecule has 0 aliphatic carbocycles. The zero-order chi connectivity index (χ0) is 7.68. The number of aromatic nitrogens is 2. The zero-order valence-electron chi connectivity index (χ0n) is 5.73. The lowest BCUT2D eigenvalue weighted by Crippen LogP contribution is -1.80. The first-order chi connectivity index (χ1) is 5.38. The van der Waals surface area contributed by atoms with Crippen molar-refractivity contribution in [2.75, 3.05) is 0 Å². The molecule has 2 aromatic rings. The summed E-state index contributed by atoms with van der Waals surface area (Å²) in [7, 11) is 0. The van der Waals surface area contributed by atoms with Crippen LogP contribution in [0.4, 0.5) is 0 Å². The van der Waals surface area contributed by atoms with Gasteiger partial charge in [-0.25, -0.2) is 4.98 Å². The summed E-state index contributed by atoms with van der Waals surface area (Å²) in [6.45, 7) is 0. The Bertz CT molecular complexity index is 381. The fraction of sp³-hybridized carbons (Fsp3) is 0. The van der Waals surface area contributed by atoms with Crippen LogP contribution in [0.15, 0.2) is 30.6 Å². The third kappa shape index (κ3) is 0.902. The van der Waals surface area contributed by atoms with Crippen LogP contribution in [0.25, 0.3) is 11.0 Å². The Balaban J connectivity index is 2.91. The summed E-state index contributed by atoms with van der Waals surface area (Å²) in [6.07, 6.45) is 3.16. The predicted molar refractivity (Wildman–Crippen MR) is 41.2 cm³/mol. The summed E-state index contributed by atoms with van der Waals surface area (Å²) >= 11 is 0. The van der Waals surface area contributed by atoms with E-state index >= 15 is 0 Å². The average molecular weight is 146 g/mol. The van der Waals surface area contributed by atoms with Crippen LogP contribution in [0.5, 0.6) is 5.75 Å². The number of hydrogen-bond acceptors (Lipinski definition) is 3. The molecule has 0 saturated heterocycles. The lowest BCUT2D eigenvalue weighted by Gasteiger charge is -1.95. The number of hydrogen-bond donors (Lipinski definition) is 1. The topological polar surface area (TPSA) is 46.0 Å². The normalized spacial score (nSPS) is 10.2. The van der Waals surface area contributed by atoms with Gasteiger partial charge in [0.15, 0.2) is 0 Å². The predicted octanol–water partition coefficient (Wildman–Crippen LogP) is 1.34. The van der Waals surface area contributed by atoms with Crippen molar-refractivity contribution < 1.29 is 5.11 Å². The Labute approximate surface area is 63.3 Å². The van der Waals surface area contributed by atoms with E-state index in [9.17, 15) is 5.11 Å². The summed E-state index contributed by atoms with van der Waals surface area (Å²) in [5.41, 5.74) is 1.27. The lowest BCUT2D eigenvalue weighted by molar-refractivity contribution is 0.480. The Morgan fingerprint density at radius 1 is 1.09 bits per heavy atom. The quantitative estimate of drug-likeness (QED) is 0.610. The number of para-hydroxylation sites is 1. The second kappa shape index (κ2) is 2.20. The zero-order valence-corrected chi connectivity index (χ0v) is 5.73. The van der Waals surface area contributed by atoms with Gasteiger partial charge in [0, 0.05) is 12.4 Å². The van der Waals surface area contributed by atoms with Gasteiger partial charge in [0.1, 0.15) is 11.3 Å². The molecule has 3 heteroatoms. The maximum absolute atomic E-state index is 9.27. The second-order valence-corrected chi connectivity index (χ2v) is 2.20. The molecule has 54 valence electrons. The molecule has 1 N–H and O–H groups in total. The van der Waals surface area contributed by atoms with Gasteiger partial charge in [0.25, 0.3) is 0 Å². The van der Waals surface area contributed by atoms with Gasteiger partial charge in [-0.05, 0) is 12.1 Å². The molecule has 0 saturated carbocycles. The van der Waals surface area contributed by atoms with Gasteiger partial charge in [0.2, 0.25) is 0 Å². The van der Waals surface area contributed by atoms with Crippen LogP contribution < -0.4 is 0 Å². The summed E-state index contributed by atoms with van der Waals surface area (Å²) in [5, 5.41) is 9.27. The van der Waals surface area contributed by atoms with E-state index in [1.807, 2.05) is 6.07 Å². The molecular weight excluding hydrogens is 140 g/mol. The van der Waals surface area contributed by atoms with E-state index in [0.717, 1.165) is 0 Å². The maximum Gasteiger partial charge on any atom is 0.143 e. The molecule has 0 radical (unpaired) electrons. The number of phenolic OH excluding ortho intramolecular Hbond substituents is 1. The number of phenols is 1. The van der Waals surface area contributed by atoms with Gasteiger partial charge >= 0.3 is 0 Å². The van der Waals surface area contributed by atoms with Gasteiger partial charge in [-0.3, -0.25) is 4.98 Å². The highest BCUT2D eigenvalue weighted by molar-refractivity contribution is 5.79. The Hall–Kier alpha value is -1.64. The summed E-state index contributed by atoms with van der Waals surface area (Å²) < 4.78 is 0. The third-order valence-electron chi connectivity index (χ3n) is 1.48. The number of nitrogens with zero attached hydrogens (tertiary/aromatic N) is 2. The minimum Gasteiger partial charge on any atom is -0.506 e. The highest BCUT2D eigenvalue weighted by Crippen LogP contribution is 2.18. The van der Waals surface area contributed by atoms with E-state index in [1.165, 1.54) is 0 Å². The molecule has 0 fully saturated rings. The molecule has 0 bridgehead atoms. The van der Waals surface area contributed by atoms with Crippen molar-refractivity contribution in [2.24, 2.45) is 0 Å². The first kappa shape index (κ1) is 6.09. The van der Waals surface area contributed by atoms with Crippen LogP contribution in [0.1, 0.15) is 0 Å². The molecule has 1 aromatic heterocycles. The summed E-state index contributed by atoms with van der Waals surface area (Å²) in [6, 6.07) is 5.14. The second-order valence-electron chi connectivity index (χ2n) is 2.20. The van der Waals surface area contributed by atoms with Crippen molar-refractivity contribution in [3.63, 3.8) is 0 Å². The Morgan fingerprint density at radius 3 is 2.73 bits per heavy atom. The van der Waals surface area contributed by atoms with Crippen LogP contribution in [0.2, 0.25) is 0 Å². The minimum absolute atomic E-state index is 0.176. The molecule has 11 heavy (non-hydrogen) atoms. The standard InChI is InChI=1S/C8H6N2O/c11-7-3-1-2-6-8(7)10-5-4-9-6/h1-5,11H. The van der Waals surface area contributed by atoms with Gasteiger partial charge in [-0.2, -0.15) is 0 Å². The molecule has 0 amide bonds. The fourth-order valence-corrected chi connectivity index (χ4v) is 0.977. The van der Waals surface area contributed by atoms with Crippen molar-refractivity contribution in [1.82, 2.24) is 9.97 Å². The third-order valence-corrected chi connectivity index (χ3v) is 1.48. The van der Waals surface area contributed by atoms with Crippen molar-refractivity contribution in [3.05, 3.63) is 30.6 Å². The molecule has 3 nitrogen and oxygen atoms in total. The van der Waals surface area contributed by atoms with Gasteiger partial charge < -0.3 is 5.11 Å². The van der Waals surface area contributed by atoms with Crippen LogP contribution in [0, 0.1) is 0 Å². The fourth-order valence-electron chi connectivity index (χ4n) is 0.977. The minimum atomic E-state index is 0.176. The molecule has 2 rings (SSSR count). The van der Waals surface area contributed by atoms with E-state index in [2.05, 4.69) is 9.97 Å². The lowest BCUT2D eigenvalue weighted by atomic mass is 10.3. The molecule has 1 aromatic carbocycles.